The number of hydrogen-bond acceptors (Lipinski definition) is 6. The van der Waals surface area contributed by atoms with Crippen LogP contribution in [-0.2, 0) is 6.54 Å². The van der Waals surface area contributed by atoms with Crippen LogP contribution in [-0.4, -0.2) is 14.7 Å². The Labute approximate surface area is 162 Å². The smallest absolute Gasteiger partial charge is 0.281 e. The Morgan fingerprint density at radius 1 is 1.11 bits per heavy atom. The first-order valence-corrected chi connectivity index (χ1v) is 8.67. The number of nitriles is 1. The van der Waals surface area contributed by atoms with E-state index in [4.69, 9.17) is 0 Å². The number of nitrogens with zero attached hydrogens (tertiary/aromatic N) is 5. The first-order chi connectivity index (χ1) is 13.4. The quantitative estimate of drug-likeness (QED) is 0.692. The minimum atomic E-state index is -0.521. The van der Waals surface area contributed by atoms with E-state index >= 15 is 0 Å². The van der Waals surface area contributed by atoms with Gasteiger partial charge in [0.1, 0.15) is 11.6 Å². The number of hydrogen-bond donors (Lipinski definition) is 1. The summed E-state index contributed by atoms with van der Waals surface area (Å²) >= 11 is 0. The maximum absolute atomic E-state index is 13.0. The lowest BCUT2D eigenvalue weighted by Gasteiger charge is -2.13. The molecule has 2 aromatic heterocycles. The molecule has 0 fully saturated rings. The van der Waals surface area contributed by atoms with E-state index < -0.39 is 5.56 Å². The molecule has 0 bridgehead atoms. The molecule has 0 radical (unpaired) electrons. The van der Waals surface area contributed by atoms with E-state index in [0.717, 1.165) is 15.7 Å². The molecule has 7 heteroatoms. The van der Waals surface area contributed by atoms with Gasteiger partial charge >= 0.3 is 0 Å². The van der Waals surface area contributed by atoms with Crippen LogP contribution in [0, 0.1) is 32.1 Å². The normalized spacial score (nSPS) is 10.9. The van der Waals surface area contributed by atoms with Gasteiger partial charge < -0.3 is 5.11 Å². The van der Waals surface area contributed by atoms with Crippen molar-refractivity contribution < 1.29 is 5.11 Å². The molecular formula is C21H19N5O2. The highest BCUT2D eigenvalue weighted by Crippen LogP contribution is 2.29. The first-order valence-electron chi connectivity index (χ1n) is 8.67. The number of pyridine rings is 2. The van der Waals surface area contributed by atoms with E-state index in [0.29, 0.717) is 16.8 Å². The highest BCUT2D eigenvalue weighted by atomic mass is 16.3. The van der Waals surface area contributed by atoms with Crippen LogP contribution < -0.4 is 5.56 Å². The molecule has 0 spiro atoms. The third-order valence-corrected chi connectivity index (χ3v) is 4.52. The number of aromatic nitrogens is 2. The maximum atomic E-state index is 13.0. The van der Waals surface area contributed by atoms with E-state index in [1.807, 2.05) is 38.1 Å². The van der Waals surface area contributed by atoms with Crippen LogP contribution in [0.1, 0.15) is 27.8 Å². The van der Waals surface area contributed by atoms with Gasteiger partial charge in [-0.25, -0.2) is 0 Å². The fourth-order valence-electron chi connectivity index (χ4n) is 2.94. The standard InChI is InChI=1S/C21H19N5O2/c1-13-6-4-7-14(2)18(13)24-25-19-15(3)17(10-22)20(27)26(21(19)28)12-16-8-5-9-23-11-16/h4-9,11,27H,12H2,1-3H3. The monoisotopic (exact) mass is 373 g/mol. The van der Waals surface area contributed by atoms with Crippen LogP contribution in [0.4, 0.5) is 11.4 Å². The van der Waals surface area contributed by atoms with Crippen LogP contribution in [0.15, 0.2) is 57.7 Å². The van der Waals surface area contributed by atoms with Crippen LogP contribution >= 0.6 is 0 Å². The zero-order chi connectivity index (χ0) is 20.3. The van der Waals surface area contributed by atoms with Gasteiger partial charge in [-0.1, -0.05) is 24.3 Å². The minimum absolute atomic E-state index is 0.000976. The first kappa shape index (κ1) is 19.0. The summed E-state index contributed by atoms with van der Waals surface area (Å²) in [5.41, 5.74) is 3.04. The molecule has 1 aromatic carbocycles. The third kappa shape index (κ3) is 3.53. The van der Waals surface area contributed by atoms with Crippen molar-refractivity contribution in [1.29, 1.82) is 5.26 Å². The van der Waals surface area contributed by atoms with Gasteiger partial charge in [-0.05, 0) is 43.5 Å². The Morgan fingerprint density at radius 3 is 2.39 bits per heavy atom. The fourth-order valence-corrected chi connectivity index (χ4v) is 2.94. The molecule has 1 N–H and O–H groups in total. The highest BCUT2D eigenvalue weighted by Gasteiger charge is 2.19. The molecule has 2 heterocycles. The molecule has 0 aliphatic rings. The van der Waals surface area contributed by atoms with Gasteiger partial charge in [0.05, 0.1) is 12.2 Å². The van der Waals surface area contributed by atoms with Crippen molar-refractivity contribution >= 4 is 11.4 Å². The summed E-state index contributed by atoms with van der Waals surface area (Å²) < 4.78 is 1.11. The molecule has 0 amide bonds. The number of benzene rings is 1. The van der Waals surface area contributed by atoms with E-state index in [1.54, 1.807) is 31.5 Å². The molecule has 0 atom stereocenters. The van der Waals surface area contributed by atoms with Crippen molar-refractivity contribution in [3.8, 4) is 11.9 Å². The van der Waals surface area contributed by atoms with Gasteiger partial charge in [0, 0.05) is 18.0 Å². The summed E-state index contributed by atoms with van der Waals surface area (Å²) in [6.45, 7) is 5.46. The molecule has 3 rings (SSSR count). The lowest BCUT2D eigenvalue weighted by Crippen LogP contribution is -2.22. The summed E-state index contributed by atoms with van der Waals surface area (Å²) in [6.07, 6.45) is 3.21. The summed E-state index contributed by atoms with van der Waals surface area (Å²) in [4.78, 5) is 17.0. The van der Waals surface area contributed by atoms with Crippen molar-refractivity contribution in [1.82, 2.24) is 9.55 Å². The Hall–Kier alpha value is -3.79. The summed E-state index contributed by atoms with van der Waals surface area (Å²) in [7, 11) is 0. The fraction of sp³-hybridized carbons (Fsp3) is 0.190. The van der Waals surface area contributed by atoms with Crippen molar-refractivity contribution in [3.05, 3.63) is 80.9 Å². The van der Waals surface area contributed by atoms with Gasteiger partial charge in [-0.2, -0.15) is 5.26 Å². The topological polar surface area (TPSA) is 104 Å². The van der Waals surface area contributed by atoms with E-state index in [-0.39, 0.29) is 23.7 Å². The highest BCUT2D eigenvalue weighted by molar-refractivity contribution is 5.58. The Morgan fingerprint density at radius 2 is 1.79 bits per heavy atom. The Kier molecular flexibility index (Phi) is 5.32. The lowest BCUT2D eigenvalue weighted by atomic mass is 10.1. The van der Waals surface area contributed by atoms with Crippen LogP contribution in [0.3, 0.4) is 0 Å². The number of aryl methyl sites for hydroxylation is 2. The van der Waals surface area contributed by atoms with Gasteiger partial charge in [0.2, 0.25) is 5.88 Å². The molecule has 7 nitrogen and oxygen atoms in total. The second kappa shape index (κ2) is 7.84. The molecule has 0 unspecified atom stereocenters. The lowest BCUT2D eigenvalue weighted by molar-refractivity contribution is 0.412. The molecule has 0 saturated heterocycles. The van der Waals surface area contributed by atoms with Crippen LogP contribution in [0.2, 0.25) is 0 Å². The van der Waals surface area contributed by atoms with Gasteiger partial charge in [-0.15, -0.1) is 10.2 Å². The van der Waals surface area contributed by atoms with E-state index in [1.165, 1.54) is 0 Å². The van der Waals surface area contributed by atoms with Crippen molar-refractivity contribution in [2.75, 3.05) is 0 Å². The van der Waals surface area contributed by atoms with Gasteiger partial charge in [0.15, 0.2) is 5.69 Å². The largest absolute Gasteiger partial charge is 0.493 e. The SMILES string of the molecule is Cc1cccc(C)c1N=Nc1c(C)c(C#N)c(O)n(Cc2cccnc2)c1=O. The molecule has 3 aromatic rings. The molecular weight excluding hydrogens is 354 g/mol. The van der Waals surface area contributed by atoms with E-state index in [2.05, 4.69) is 15.2 Å². The van der Waals surface area contributed by atoms with Crippen LogP contribution in [0.25, 0.3) is 0 Å². The average Bonchev–Trinajstić information content (AvgIpc) is 2.68. The van der Waals surface area contributed by atoms with Crippen molar-refractivity contribution in [2.24, 2.45) is 10.2 Å². The van der Waals surface area contributed by atoms with Crippen LogP contribution in [0.5, 0.6) is 5.88 Å². The molecule has 140 valence electrons. The molecule has 28 heavy (non-hydrogen) atoms. The zero-order valence-electron chi connectivity index (χ0n) is 15.8. The summed E-state index contributed by atoms with van der Waals surface area (Å²) in [6, 6.07) is 11.2. The second-order valence-electron chi connectivity index (χ2n) is 6.48. The third-order valence-electron chi connectivity index (χ3n) is 4.52. The predicted octanol–water partition coefficient (Wildman–Crippen LogP) is 4.21. The van der Waals surface area contributed by atoms with Gasteiger partial charge in [0.25, 0.3) is 5.56 Å². The summed E-state index contributed by atoms with van der Waals surface area (Å²) in [5, 5.41) is 28.3. The summed E-state index contributed by atoms with van der Waals surface area (Å²) in [5.74, 6) is -0.389. The average molecular weight is 373 g/mol. The second-order valence-corrected chi connectivity index (χ2v) is 6.48. The maximum Gasteiger partial charge on any atom is 0.281 e. The van der Waals surface area contributed by atoms with Gasteiger partial charge in [-0.3, -0.25) is 14.3 Å². The Bertz CT molecular complexity index is 1140. The van der Waals surface area contributed by atoms with Crippen molar-refractivity contribution in [2.45, 2.75) is 27.3 Å². The molecule has 0 saturated carbocycles. The number of rotatable bonds is 4. The van der Waals surface area contributed by atoms with Crippen molar-refractivity contribution in [3.63, 3.8) is 0 Å². The Balaban J connectivity index is 2.16. The predicted molar refractivity (Wildman–Crippen MR) is 105 cm³/mol. The minimum Gasteiger partial charge on any atom is -0.493 e. The number of azo groups is 1. The van der Waals surface area contributed by atoms with E-state index in [9.17, 15) is 15.2 Å². The number of aromatic hydroxyl groups is 1. The molecule has 0 aliphatic heterocycles. The zero-order valence-corrected chi connectivity index (χ0v) is 15.8. The molecule has 0 aliphatic carbocycles.